The van der Waals surface area contributed by atoms with Gasteiger partial charge in [0.15, 0.2) is 0 Å². The molecule has 1 aliphatic heterocycles. The molecule has 1 saturated heterocycles. The van der Waals surface area contributed by atoms with Crippen LogP contribution in [0, 0.1) is 5.92 Å². The molecule has 0 spiro atoms. The highest BCUT2D eigenvalue weighted by Gasteiger charge is 2.14. The fourth-order valence-corrected chi connectivity index (χ4v) is 3.18. The summed E-state index contributed by atoms with van der Waals surface area (Å²) in [6, 6.07) is 4.09. The molecule has 2 nitrogen and oxygen atoms in total. The lowest BCUT2D eigenvalue weighted by Crippen LogP contribution is -2.22. The quantitative estimate of drug-likeness (QED) is 0.921. The van der Waals surface area contributed by atoms with Gasteiger partial charge in [-0.1, -0.05) is 0 Å². The van der Waals surface area contributed by atoms with Crippen molar-refractivity contribution in [2.75, 3.05) is 18.1 Å². The van der Waals surface area contributed by atoms with Crippen LogP contribution in [0.3, 0.4) is 0 Å². The summed E-state index contributed by atoms with van der Waals surface area (Å²) in [5, 5.41) is 3.47. The van der Waals surface area contributed by atoms with Crippen molar-refractivity contribution in [3.8, 4) is 0 Å². The Morgan fingerprint density at radius 2 is 2.47 bits per heavy atom. The smallest absolute Gasteiger partial charge is 0.0542 e. The number of halogens is 1. The highest BCUT2D eigenvalue weighted by atomic mass is 79.9. The second-order valence-electron chi connectivity index (χ2n) is 3.83. The molecule has 4 heteroatoms. The number of nitrogens with zero attached hydrogens (tertiary/aromatic N) is 1. The summed E-state index contributed by atoms with van der Waals surface area (Å²) < 4.78 is 1.04. The van der Waals surface area contributed by atoms with Crippen LogP contribution in [0.4, 0.5) is 0 Å². The summed E-state index contributed by atoms with van der Waals surface area (Å²) in [5.74, 6) is 3.52. The van der Waals surface area contributed by atoms with E-state index < -0.39 is 0 Å². The predicted molar refractivity (Wildman–Crippen MR) is 69.1 cm³/mol. The van der Waals surface area contributed by atoms with E-state index in [-0.39, 0.29) is 0 Å². The van der Waals surface area contributed by atoms with Crippen molar-refractivity contribution in [2.45, 2.75) is 13.0 Å². The van der Waals surface area contributed by atoms with Gasteiger partial charge in [0.2, 0.25) is 0 Å². The minimum atomic E-state index is 0.866. The summed E-state index contributed by atoms with van der Waals surface area (Å²) in [6.45, 7) is 2.01. The summed E-state index contributed by atoms with van der Waals surface area (Å²) in [6.07, 6.45) is 3.22. The van der Waals surface area contributed by atoms with E-state index in [0.29, 0.717) is 0 Å². The Kier molecular flexibility index (Phi) is 4.47. The summed E-state index contributed by atoms with van der Waals surface area (Å²) >= 11 is 5.45. The lowest BCUT2D eigenvalue weighted by Gasteiger charge is -2.09. The highest BCUT2D eigenvalue weighted by molar-refractivity contribution is 9.10. The van der Waals surface area contributed by atoms with Crippen LogP contribution in [-0.4, -0.2) is 23.0 Å². The molecule has 0 amide bonds. The van der Waals surface area contributed by atoms with Gasteiger partial charge in [-0.15, -0.1) is 0 Å². The second-order valence-corrected chi connectivity index (χ2v) is 5.89. The number of hydrogen-bond acceptors (Lipinski definition) is 3. The molecule has 15 heavy (non-hydrogen) atoms. The summed E-state index contributed by atoms with van der Waals surface area (Å²) in [5.41, 5.74) is 1.11. The third-order valence-corrected chi connectivity index (χ3v) is 4.25. The molecule has 1 aromatic heterocycles. The van der Waals surface area contributed by atoms with Gasteiger partial charge in [0, 0.05) is 17.2 Å². The van der Waals surface area contributed by atoms with Crippen LogP contribution in [0.15, 0.2) is 22.8 Å². The first-order valence-electron chi connectivity index (χ1n) is 5.23. The number of aromatic nitrogens is 1. The maximum absolute atomic E-state index is 4.33. The van der Waals surface area contributed by atoms with Crippen LogP contribution in [0.5, 0.6) is 0 Å². The first kappa shape index (κ1) is 11.4. The van der Waals surface area contributed by atoms with Crippen molar-refractivity contribution in [1.29, 1.82) is 0 Å². The van der Waals surface area contributed by atoms with Gasteiger partial charge in [-0.3, -0.25) is 4.98 Å². The molecule has 1 aromatic rings. The molecule has 0 aromatic carbocycles. The maximum atomic E-state index is 4.33. The standard InChI is InChI=1S/C11H15BrN2S/c12-10-1-2-11(14-6-10)7-13-5-9-3-4-15-8-9/h1-2,6,9,13H,3-5,7-8H2. The van der Waals surface area contributed by atoms with Crippen molar-refractivity contribution in [3.05, 3.63) is 28.5 Å². The van der Waals surface area contributed by atoms with Crippen LogP contribution in [0.2, 0.25) is 0 Å². The molecule has 1 fully saturated rings. The maximum Gasteiger partial charge on any atom is 0.0542 e. The van der Waals surface area contributed by atoms with E-state index in [1.165, 1.54) is 17.9 Å². The zero-order chi connectivity index (χ0) is 10.5. The summed E-state index contributed by atoms with van der Waals surface area (Å²) in [4.78, 5) is 4.33. The fourth-order valence-electron chi connectivity index (χ4n) is 1.66. The minimum absolute atomic E-state index is 0.866. The van der Waals surface area contributed by atoms with Crippen LogP contribution in [-0.2, 0) is 6.54 Å². The second kappa shape index (κ2) is 5.87. The Morgan fingerprint density at radius 1 is 1.53 bits per heavy atom. The molecule has 1 aliphatic rings. The number of pyridine rings is 1. The average Bonchev–Trinajstić information content (AvgIpc) is 2.74. The predicted octanol–water partition coefficient (Wildman–Crippen LogP) is 2.69. The van der Waals surface area contributed by atoms with E-state index in [1.807, 2.05) is 12.3 Å². The molecule has 1 atom stereocenters. The average molecular weight is 287 g/mol. The van der Waals surface area contributed by atoms with Gasteiger partial charge in [0.05, 0.1) is 5.69 Å². The van der Waals surface area contributed by atoms with E-state index >= 15 is 0 Å². The van der Waals surface area contributed by atoms with Crippen molar-refractivity contribution >= 4 is 27.7 Å². The van der Waals surface area contributed by atoms with Crippen LogP contribution < -0.4 is 5.32 Å². The molecule has 0 aliphatic carbocycles. The number of thioether (sulfide) groups is 1. The van der Waals surface area contributed by atoms with Crippen LogP contribution in [0.1, 0.15) is 12.1 Å². The topological polar surface area (TPSA) is 24.9 Å². The Morgan fingerprint density at radius 3 is 3.13 bits per heavy atom. The normalized spacial score (nSPS) is 20.7. The van der Waals surface area contributed by atoms with Crippen molar-refractivity contribution in [3.63, 3.8) is 0 Å². The first-order chi connectivity index (χ1) is 7.34. The molecular weight excluding hydrogens is 272 g/mol. The monoisotopic (exact) mass is 286 g/mol. The molecule has 0 saturated carbocycles. The van der Waals surface area contributed by atoms with Gasteiger partial charge >= 0.3 is 0 Å². The van der Waals surface area contributed by atoms with Gasteiger partial charge in [0.25, 0.3) is 0 Å². The zero-order valence-corrected chi connectivity index (χ0v) is 11.0. The van der Waals surface area contributed by atoms with Crippen LogP contribution >= 0.6 is 27.7 Å². The molecule has 1 unspecified atom stereocenters. The summed E-state index contributed by atoms with van der Waals surface area (Å²) in [7, 11) is 0. The first-order valence-corrected chi connectivity index (χ1v) is 7.18. The number of rotatable bonds is 4. The molecule has 2 rings (SSSR count). The third kappa shape index (κ3) is 3.78. The van der Waals surface area contributed by atoms with Crippen molar-refractivity contribution < 1.29 is 0 Å². The Balaban J connectivity index is 1.71. The molecular formula is C11H15BrN2S. The van der Waals surface area contributed by atoms with Crippen molar-refractivity contribution in [2.24, 2.45) is 5.92 Å². The van der Waals surface area contributed by atoms with E-state index in [2.05, 4.69) is 44.1 Å². The Labute approximate surface area is 103 Å². The Bertz CT molecular complexity index is 296. The molecule has 82 valence electrons. The Hall–Kier alpha value is -0.0600. The lowest BCUT2D eigenvalue weighted by atomic mass is 10.1. The largest absolute Gasteiger partial charge is 0.311 e. The van der Waals surface area contributed by atoms with Crippen LogP contribution in [0.25, 0.3) is 0 Å². The molecule has 1 N–H and O–H groups in total. The third-order valence-electron chi connectivity index (χ3n) is 2.55. The lowest BCUT2D eigenvalue weighted by molar-refractivity contribution is 0.520. The molecule has 2 heterocycles. The van der Waals surface area contributed by atoms with Gasteiger partial charge in [0.1, 0.15) is 0 Å². The van der Waals surface area contributed by atoms with E-state index in [0.717, 1.165) is 29.2 Å². The van der Waals surface area contributed by atoms with E-state index in [1.54, 1.807) is 0 Å². The molecule has 0 radical (unpaired) electrons. The van der Waals surface area contributed by atoms with Gasteiger partial charge in [-0.05, 0) is 58.5 Å². The highest BCUT2D eigenvalue weighted by Crippen LogP contribution is 2.22. The molecule has 0 bridgehead atoms. The zero-order valence-electron chi connectivity index (χ0n) is 8.58. The van der Waals surface area contributed by atoms with E-state index in [9.17, 15) is 0 Å². The van der Waals surface area contributed by atoms with Gasteiger partial charge in [-0.25, -0.2) is 0 Å². The van der Waals surface area contributed by atoms with E-state index in [4.69, 9.17) is 0 Å². The van der Waals surface area contributed by atoms with Gasteiger partial charge < -0.3 is 5.32 Å². The van der Waals surface area contributed by atoms with Gasteiger partial charge in [-0.2, -0.15) is 11.8 Å². The number of nitrogens with one attached hydrogen (secondary N) is 1. The number of hydrogen-bond donors (Lipinski definition) is 1. The fraction of sp³-hybridized carbons (Fsp3) is 0.545. The SMILES string of the molecule is Brc1ccc(CNCC2CCSC2)nc1. The minimum Gasteiger partial charge on any atom is -0.311 e. The van der Waals surface area contributed by atoms with Crippen molar-refractivity contribution in [1.82, 2.24) is 10.3 Å².